The Morgan fingerprint density at radius 2 is 1.85 bits per heavy atom. The van der Waals surface area contributed by atoms with Crippen LogP contribution in [-0.2, 0) is 0 Å². The van der Waals surface area contributed by atoms with Crippen LogP contribution in [0.3, 0.4) is 0 Å². The molecule has 0 saturated heterocycles. The van der Waals surface area contributed by atoms with Gasteiger partial charge in [-0.3, -0.25) is 4.79 Å². The molecule has 2 aromatic carbocycles. The molecule has 2 nitrogen and oxygen atoms in total. The predicted octanol–water partition coefficient (Wildman–Crippen LogP) is 5.13. The zero-order valence-corrected chi connectivity index (χ0v) is 13.5. The molecule has 104 valence electrons. The Balaban J connectivity index is 2.26. The number of benzene rings is 2. The number of halogens is 1. The number of aryl methyl sites for hydroxylation is 1. The fourth-order valence-corrected chi connectivity index (χ4v) is 2.34. The molecule has 0 saturated carbocycles. The van der Waals surface area contributed by atoms with Gasteiger partial charge in [0, 0.05) is 15.7 Å². The van der Waals surface area contributed by atoms with Gasteiger partial charge in [0.1, 0.15) is 0 Å². The van der Waals surface area contributed by atoms with E-state index in [1.165, 1.54) is 0 Å². The van der Waals surface area contributed by atoms with E-state index in [2.05, 4.69) is 35.1 Å². The SMILES string of the molecule is Cc1cc(C(=O)Nc2ccccc2C(C)C)ccc1Br. The van der Waals surface area contributed by atoms with Crippen molar-refractivity contribution >= 4 is 27.5 Å². The maximum absolute atomic E-state index is 12.3. The lowest BCUT2D eigenvalue weighted by molar-refractivity contribution is 0.102. The van der Waals surface area contributed by atoms with Crippen molar-refractivity contribution in [2.24, 2.45) is 0 Å². The number of hydrogen-bond acceptors (Lipinski definition) is 1. The quantitative estimate of drug-likeness (QED) is 0.829. The van der Waals surface area contributed by atoms with Gasteiger partial charge in [0.05, 0.1) is 0 Å². The van der Waals surface area contributed by atoms with Gasteiger partial charge in [-0.1, -0.05) is 48.0 Å². The molecule has 0 atom stereocenters. The number of hydrogen-bond donors (Lipinski definition) is 1. The lowest BCUT2D eigenvalue weighted by Gasteiger charge is -2.14. The van der Waals surface area contributed by atoms with Crippen molar-refractivity contribution < 1.29 is 4.79 Å². The minimum absolute atomic E-state index is 0.0753. The van der Waals surface area contributed by atoms with E-state index < -0.39 is 0 Å². The largest absolute Gasteiger partial charge is 0.322 e. The second-order valence-electron chi connectivity index (χ2n) is 5.16. The minimum atomic E-state index is -0.0753. The number of carbonyl (C=O) groups excluding carboxylic acids is 1. The average Bonchev–Trinajstić information content (AvgIpc) is 2.42. The topological polar surface area (TPSA) is 29.1 Å². The molecule has 0 aliphatic carbocycles. The van der Waals surface area contributed by atoms with Crippen LogP contribution in [0.25, 0.3) is 0 Å². The molecule has 0 bridgehead atoms. The molecule has 2 aromatic rings. The molecule has 3 heteroatoms. The second kappa shape index (κ2) is 6.23. The van der Waals surface area contributed by atoms with Crippen molar-refractivity contribution in [2.45, 2.75) is 26.7 Å². The third-order valence-electron chi connectivity index (χ3n) is 3.25. The Hall–Kier alpha value is -1.61. The smallest absolute Gasteiger partial charge is 0.255 e. The van der Waals surface area contributed by atoms with Gasteiger partial charge in [-0.2, -0.15) is 0 Å². The Morgan fingerprint density at radius 3 is 2.50 bits per heavy atom. The van der Waals surface area contributed by atoms with Gasteiger partial charge in [-0.15, -0.1) is 0 Å². The lowest BCUT2D eigenvalue weighted by Crippen LogP contribution is -2.13. The van der Waals surface area contributed by atoms with Crippen molar-refractivity contribution in [1.82, 2.24) is 0 Å². The molecular formula is C17H18BrNO. The van der Waals surface area contributed by atoms with Gasteiger partial charge in [0.25, 0.3) is 5.91 Å². The maximum Gasteiger partial charge on any atom is 0.255 e. The number of amides is 1. The summed E-state index contributed by atoms with van der Waals surface area (Å²) in [6, 6.07) is 13.5. The zero-order valence-electron chi connectivity index (χ0n) is 11.9. The number of carbonyl (C=O) groups is 1. The summed E-state index contributed by atoms with van der Waals surface area (Å²) in [6.07, 6.45) is 0. The number of rotatable bonds is 3. The van der Waals surface area contributed by atoms with Gasteiger partial charge < -0.3 is 5.32 Å². The lowest BCUT2D eigenvalue weighted by atomic mass is 10.0. The molecule has 0 fully saturated rings. The molecule has 0 radical (unpaired) electrons. The van der Waals surface area contributed by atoms with Gasteiger partial charge in [0.15, 0.2) is 0 Å². The van der Waals surface area contributed by atoms with Crippen molar-refractivity contribution in [3.05, 3.63) is 63.6 Å². The molecule has 1 N–H and O–H groups in total. The first-order valence-corrected chi connectivity index (χ1v) is 7.44. The predicted molar refractivity (Wildman–Crippen MR) is 87.4 cm³/mol. The van der Waals surface area contributed by atoms with Crippen molar-refractivity contribution in [3.63, 3.8) is 0 Å². The first-order valence-electron chi connectivity index (χ1n) is 6.65. The van der Waals surface area contributed by atoms with Crippen LogP contribution in [0, 0.1) is 6.92 Å². The molecule has 0 aliphatic rings. The van der Waals surface area contributed by atoms with Crippen LogP contribution in [0.2, 0.25) is 0 Å². The summed E-state index contributed by atoms with van der Waals surface area (Å²) in [5, 5.41) is 3.00. The van der Waals surface area contributed by atoms with Crippen molar-refractivity contribution in [1.29, 1.82) is 0 Å². The highest BCUT2D eigenvalue weighted by atomic mass is 79.9. The summed E-state index contributed by atoms with van der Waals surface area (Å²) < 4.78 is 1.01. The number of para-hydroxylation sites is 1. The van der Waals surface area contributed by atoms with Crippen LogP contribution >= 0.6 is 15.9 Å². The van der Waals surface area contributed by atoms with E-state index >= 15 is 0 Å². The summed E-state index contributed by atoms with van der Waals surface area (Å²) in [4.78, 5) is 12.3. The Labute approximate surface area is 128 Å². The minimum Gasteiger partial charge on any atom is -0.322 e. The summed E-state index contributed by atoms with van der Waals surface area (Å²) >= 11 is 3.44. The van der Waals surface area contributed by atoms with E-state index in [-0.39, 0.29) is 5.91 Å². The maximum atomic E-state index is 12.3. The van der Waals surface area contributed by atoms with Gasteiger partial charge in [-0.25, -0.2) is 0 Å². The molecule has 20 heavy (non-hydrogen) atoms. The monoisotopic (exact) mass is 331 g/mol. The molecule has 2 rings (SSSR count). The zero-order chi connectivity index (χ0) is 14.7. The van der Waals surface area contributed by atoms with Crippen LogP contribution in [0.1, 0.15) is 41.3 Å². The second-order valence-corrected chi connectivity index (χ2v) is 6.01. The number of anilines is 1. The van der Waals surface area contributed by atoms with Crippen LogP contribution in [-0.4, -0.2) is 5.91 Å². The first kappa shape index (κ1) is 14.8. The molecule has 0 aliphatic heterocycles. The molecule has 0 heterocycles. The first-order chi connectivity index (χ1) is 9.49. The van der Waals surface area contributed by atoms with E-state index in [0.29, 0.717) is 11.5 Å². The summed E-state index contributed by atoms with van der Waals surface area (Å²) in [7, 11) is 0. The van der Waals surface area contributed by atoms with E-state index in [1.54, 1.807) is 0 Å². The fourth-order valence-electron chi connectivity index (χ4n) is 2.09. The molecular weight excluding hydrogens is 314 g/mol. The highest BCUT2D eigenvalue weighted by Gasteiger charge is 2.11. The van der Waals surface area contributed by atoms with Crippen LogP contribution in [0.4, 0.5) is 5.69 Å². The molecule has 0 aromatic heterocycles. The highest BCUT2D eigenvalue weighted by molar-refractivity contribution is 9.10. The van der Waals surface area contributed by atoms with Gasteiger partial charge in [-0.05, 0) is 48.2 Å². The van der Waals surface area contributed by atoms with Crippen LogP contribution < -0.4 is 5.32 Å². The van der Waals surface area contributed by atoms with E-state index in [0.717, 1.165) is 21.3 Å². The fraction of sp³-hybridized carbons (Fsp3) is 0.235. The summed E-state index contributed by atoms with van der Waals surface area (Å²) in [5.41, 5.74) is 3.75. The van der Waals surface area contributed by atoms with Crippen LogP contribution in [0.15, 0.2) is 46.9 Å². The molecule has 0 unspecified atom stereocenters. The average molecular weight is 332 g/mol. The van der Waals surface area contributed by atoms with Gasteiger partial charge >= 0.3 is 0 Å². The normalized spacial score (nSPS) is 10.7. The number of nitrogens with one attached hydrogen (secondary N) is 1. The van der Waals surface area contributed by atoms with Gasteiger partial charge in [0.2, 0.25) is 0 Å². The third-order valence-corrected chi connectivity index (χ3v) is 4.14. The summed E-state index contributed by atoms with van der Waals surface area (Å²) in [6.45, 7) is 6.21. The standard InChI is InChI=1S/C17H18BrNO/c1-11(2)14-6-4-5-7-16(14)19-17(20)13-8-9-15(18)12(3)10-13/h4-11H,1-3H3,(H,19,20). The van der Waals surface area contributed by atoms with E-state index in [4.69, 9.17) is 0 Å². The molecule has 1 amide bonds. The Kier molecular flexibility index (Phi) is 4.61. The van der Waals surface area contributed by atoms with E-state index in [1.807, 2.05) is 49.4 Å². The Bertz CT molecular complexity index is 635. The third kappa shape index (κ3) is 3.28. The van der Waals surface area contributed by atoms with Crippen LogP contribution in [0.5, 0.6) is 0 Å². The van der Waals surface area contributed by atoms with E-state index in [9.17, 15) is 4.79 Å². The molecule has 0 spiro atoms. The summed E-state index contributed by atoms with van der Waals surface area (Å²) in [5.74, 6) is 0.298. The highest BCUT2D eigenvalue weighted by Crippen LogP contribution is 2.24. The Morgan fingerprint density at radius 1 is 1.15 bits per heavy atom. The van der Waals surface area contributed by atoms with Crippen molar-refractivity contribution in [2.75, 3.05) is 5.32 Å². The van der Waals surface area contributed by atoms with Crippen molar-refractivity contribution in [3.8, 4) is 0 Å².